The Morgan fingerprint density at radius 2 is 1.79 bits per heavy atom. The van der Waals surface area contributed by atoms with Gasteiger partial charge in [-0.25, -0.2) is 14.6 Å². The van der Waals surface area contributed by atoms with E-state index in [2.05, 4.69) is 26.1 Å². The third kappa shape index (κ3) is 2.84. The highest BCUT2D eigenvalue weighted by Crippen LogP contribution is 2.38. The SMILES string of the molecule is N#CC(=C1CCCC1)C(=C1CCCC1)n1cc(-c2ncnc3[nH]ccc23)cn1. The van der Waals surface area contributed by atoms with Crippen LogP contribution in [0.1, 0.15) is 51.4 Å². The Morgan fingerprint density at radius 1 is 1.04 bits per heavy atom. The van der Waals surface area contributed by atoms with Gasteiger partial charge in [0.1, 0.15) is 18.0 Å². The molecule has 5 rings (SSSR count). The number of allylic oxidation sites excluding steroid dienone is 4. The summed E-state index contributed by atoms with van der Waals surface area (Å²) in [5.74, 6) is 0. The molecule has 28 heavy (non-hydrogen) atoms. The molecular formula is C22H22N6. The monoisotopic (exact) mass is 370 g/mol. The fourth-order valence-corrected chi connectivity index (χ4v) is 4.51. The van der Waals surface area contributed by atoms with Crippen LogP contribution in [0, 0.1) is 11.3 Å². The Morgan fingerprint density at radius 3 is 2.54 bits per heavy atom. The number of aromatic nitrogens is 5. The largest absolute Gasteiger partial charge is 0.346 e. The van der Waals surface area contributed by atoms with Crippen molar-refractivity contribution in [1.82, 2.24) is 24.7 Å². The maximum absolute atomic E-state index is 10.0. The average Bonchev–Trinajstić information content (AvgIpc) is 3.52. The lowest BCUT2D eigenvalue weighted by molar-refractivity contribution is 0.878. The van der Waals surface area contributed by atoms with E-state index in [0.717, 1.165) is 59.2 Å². The standard InChI is InChI=1S/C22H22N6/c23-11-19(15-5-1-2-6-15)21(16-7-3-4-8-16)28-13-17(12-27-28)20-18-9-10-24-22(18)26-14-25-20/h9-10,12-14H,1-8H2,(H,24,25,26). The molecule has 140 valence electrons. The Balaban J connectivity index is 1.64. The van der Waals surface area contributed by atoms with Gasteiger partial charge in [0.05, 0.1) is 23.2 Å². The third-order valence-electron chi connectivity index (χ3n) is 5.89. The number of aromatic amines is 1. The number of nitriles is 1. The van der Waals surface area contributed by atoms with Gasteiger partial charge in [-0.05, 0) is 63.0 Å². The topological polar surface area (TPSA) is 83.2 Å². The maximum atomic E-state index is 10.0. The van der Waals surface area contributed by atoms with Crippen molar-refractivity contribution in [3.63, 3.8) is 0 Å². The zero-order valence-electron chi connectivity index (χ0n) is 15.8. The summed E-state index contributed by atoms with van der Waals surface area (Å²) in [7, 11) is 0. The van der Waals surface area contributed by atoms with Crippen LogP contribution >= 0.6 is 0 Å². The Hall–Kier alpha value is -3.20. The lowest BCUT2D eigenvalue weighted by Gasteiger charge is -2.13. The van der Waals surface area contributed by atoms with Gasteiger partial charge in [-0.1, -0.05) is 5.57 Å². The first-order chi connectivity index (χ1) is 13.8. The molecule has 0 amide bonds. The summed E-state index contributed by atoms with van der Waals surface area (Å²) in [6.07, 6.45) is 16.2. The highest BCUT2D eigenvalue weighted by molar-refractivity contribution is 5.90. The Bertz CT molecular complexity index is 1120. The minimum atomic E-state index is 0.818. The van der Waals surface area contributed by atoms with E-state index < -0.39 is 0 Å². The molecular weight excluding hydrogens is 348 g/mol. The van der Waals surface area contributed by atoms with E-state index in [1.807, 2.05) is 29.3 Å². The zero-order valence-corrected chi connectivity index (χ0v) is 15.8. The van der Waals surface area contributed by atoms with Crippen molar-refractivity contribution in [2.24, 2.45) is 0 Å². The van der Waals surface area contributed by atoms with E-state index >= 15 is 0 Å². The maximum Gasteiger partial charge on any atom is 0.141 e. The van der Waals surface area contributed by atoms with Gasteiger partial charge in [0, 0.05) is 23.3 Å². The van der Waals surface area contributed by atoms with Crippen molar-refractivity contribution in [3.05, 3.63) is 47.7 Å². The molecule has 3 aromatic heterocycles. The summed E-state index contributed by atoms with van der Waals surface area (Å²) >= 11 is 0. The molecule has 6 heteroatoms. The van der Waals surface area contributed by atoms with Crippen LogP contribution < -0.4 is 0 Å². The molecule has 0 saturated heterocycles. The van der Waals surface area contributed by atoms with Gasteiger partial charge >= 0.3 is 0 Å². The second-order valence-corrected chi connectivity index (χ2v) is 7.59. The normalized spacial score (nSPS) is 16.7. The first-order valence-corrected chi connectivity index (χ1v) is 10.0. The molecule has 2 aliphatic rings. The summed E-state index contributed by atoms with van der Waals surface area (Å²) in [6, 6.07) is 4.51. The van der Waals surface area contributed by atoms with Crippen molar-refractivity contribution in [1.29, 1.82) is 5.26 Å². The van der Waals surface area contributed by atoms with E-state index in [4.69, 9.17) is 0 Å². The van der Waals surface area contributed by atoms with Gasteiger partial charge < -0.3 is 4.98 Å². The summed E-state index contributed by atoms with van der Waals surface area (Å²) < 4.78 is 1.92. The number of nitrogens with one attached hydrogen (secondary N) is 1. The molecule has 0 unspecified atom stereocenters. The van der Waals surface area contributed by atoms with Crippen LogP contribution in [0.3, 0.4) is 0 Å². The van der Waals surface area contributed by atoms with E-state index in [1.54, 1.807) is 6.33 Å². The van der Waals surface area contributed by atoms with Crippen molar-refractivity contribution in [2.45, 2.75) is 51.4 Å². The lowest BCUT2D eigenvalue weighted by Crippen LogP contribution is -2.05. The quantitative estimate of drug-likeness (QED) is 0.658. The number of hydrogen-bond donors (Lipinski definition) is 1. The van der Waals surface area contributed by atoms with Crippen LogP contribution in [-0.2, 0) is 0 Å². The zero-order chi connectivity index (χ0) is 18.9. The van der Waals surface area contributed by atoms with Crippen molar-refractivity contribution in [3.8, 4) is 17.3 Å². The molecule has 6 nitrogen and oxygen atoms in total. The molecule has 0 bridgehead atoms. The molecule has 2 fully saturated rings. The van der Waals surface area contributed by atoms with Crippen LogP contribution in [0.2, 0.25) is 0 Å². The summed E-state index contributed by atoms with van der Waals surface area (Å²) in [5, 5.41) is 15.7. The van der Waals surface area contributed by atoms with E-state index in [0.29, 0.717) is 0 Å². The number of H-pyrrole nitrogens is 1. The smallest absolute Gasteiger partial charge is 0.141 e. The molecule has 2 aliphatic carbocycles. The van der Waals surface area contributed by atoms with Crippen LogP contribution in [0.15, 0.2) is 47.7 Å². The van der Waals surface area contributed by atoms with Crippen molar-refractivity contribution < 1.29 is 0 Å². The van der Waals surface area contributed by atoms with Gasteiger partial charge in [0.2, 0.25) is 0 Å². The minimum Gasteiger partial charge on any atom is -0.346 e. The number of nitrogens with zero attached hydrogens (tertiary/aromatic N) is 5. The third-order valence-corrected chi connectivity index (χ3v) is 5.89. The summed E-state index contributed by atoms with van der Waals surface area (Å²) in [6.45, 7) is 0. The second-order valence-electron chi connectivity index (χ2n) is 7.59. The van der Waals surface area contributed by atoms with E-state index in [-0.39, 0.29) is 0 Å². The molecule has 0 atom stereocenters. The summed E-state index contributed by atoms with van der Waals surface area (Å²) in [5.41, 5.74) is 7.14. The first kappa shape index (κ1) is 16.9. The molecule has 3 heterocycles. The van der Waals surface area contributed by atoms with E-state index in [9.17, 15) is 5.26 Å². The fraction of sp³-hybridized carbons (Fsp3) is 0.364. The molecule has 2 saturated carbocycles. The molecule has 0 aromatic carbocycles. The number of rotatable bonds is 3. The molecule has 0 radical (unpaired) electrons. The van der Waals surface area contributed by atoms with Crippen molar-refractivity contribution in [2.75, 3.05) is 0 Å². The summed E-state index contributed by atoms with van der Waals surface area (Å²) in [4.78, 5) is 11.9. The predicted octanol–water partition coefficient (Wildman–Crippen LogP) is 5.00. The van der Waals surface area contributed by atoms with Gasteiger partial charge in [-0.15, -0.1) is 0 Å². The van der Waals surface area contributed by atoms with Crippen LogP contribution in [0.5, 0.6) is 0 Å². The van der Waals surface area contributed by atoms with Crippen LogP contribution in [0.4, 0.5) is 0 Å². The highest BCUT2D eigenvalue weighted by atomic mass is 15.3. The fourth-order valence-electron chi connectivity index (χ4n) is 4.51. The molecule has 0 spiro atoms. The van der Waals surface area contributed by atoms with Gasteiger partial charge in [0.15, 0.2) is 0 Å². The molecule has 0 aliphatic heterocycles. The second kappa shape index (κ2) is 7.08. The predicted molar refractivity (Wildman–Crippen MR) is 108 cm³/mol. The average molecular weight is 370 g/mol. The molecule has 1 N–H and O–H groups in total. The highest BCUT2D eigenvalue weighted by Gasteiger charge is 2.23. The Labute approximate surface area is 163 Å². The first-order valence-electron chi connectivity index (χ1n) is 10.0. The Kier molecular flexibility index (Phi) is 4.28. The lowest BCUT2D eigenvalue weighted by atomic mass is 10.00. The molecule has 3 aromatic rings. The number of fused-ring (bicyclic) bond motifs is 1. The van der Waals surface area contributed by atoms with Crippen LogP contribution in [0.25, 0.3) is 28.0 Å². The van der Waals surface area contributed by atoms with Gasteiger partial charge in [0.25, 0.3) is 0 Å². The number of hydrogen-bond acceptors (Lipinski definition) is 4. The van der Waals surface area contributed by atoms with Crippen LogP contribution in [-0.4, -0.2) is 24.7 Å². The van der Waals surface area contributed by atoms with Gasteiger partial charge in [-0.2, -0.15) is 10.4 Å². The van der Waals surface area contributed by atoms with E-state index in [1.165, 1.54) is 36.8 Å². The van der Waals surface area contributed by atoms with Gasteiger partial charge in [-0.3, -0.25) is 0 Å². The van der Waals surface area contributed by atoms with Crippen molar-refractivity contribution >= 4 is 16.7 Å². The minimum absolute atomic E-state index is 0.818.